The summed E-state index contributed by atoms with van der Waals surface area (Å²) in [5.74, 6) is 1.49. The number of amides is 1. The predicted octanol–water partition coefficient (Wildman–Crippen LogP) is 5.92. The smallest absolute Gasteiger partial charge is 0.410 e. The lowest BCUT2D eigenvalue weighted by atomic mass is 9.96. The zero-order valence-electron chi connectivity index (χ0n) is 19.1. The van der Waals surface area contributed by atoms with Crippen molar-refractivity contribution in [1.82, 2.24) is 4.90 Å². The van der Waals surface area contributed by atoms with Crippen LogP contribution in [0.15, 0.2) is 67.3 Å². The van der Waals surface area contributed by atoms with Gasteiger partial charge in [0.05, 0.1) is 14.2 Å². The molecule has 0 bridgehead atoms. The van der Waals surface area contributed by atoms with Crippen LogP contribution in [-0.2, 0) is 4.74 Å². The van der Waals surface area contributed by atoms with Crippen LogP contribution in [0.2, 0.25) is 0 Å². The molecule has 0 fully saturated rings. The van der Waals surface area contributed by atoms with Gasteiger partial charge in [-0.3, -0.25) is 0 Å². The average molecular weight is 424 g/mol. The van der Waals surface area contributed by atoms with E-state index in [1.165, 1.54) is 0 Å². The minimum Gasteiger partial charge on any atom is -0.497 e. The summed E-state index contributed by atoms with van der Waals surface area (Å²) in [6, 6.07) is 15.7. The van der Waals surface area contributed by atoms with E-state index in [0.29, 0.717) is 13.1 Å². The lowest BCUT2D eigenvalue weighted by molar-refractivity contribution is 0.0267. The van der Waals surface area contributed by atoms with Gasteiger partial charge in [0, 0.05) is 19.0 Å². The number of ether oxygens (including phenoxy) is 3. The molecule has 0 N–H and O–H groups in total. The number of benzene rings is 2. The molecule has 0 spiro atoms. The van der Waals surface area contributed by atoms with Crippen LogP contribution in [0.25, 0.3) is 6.08 Å². The molecule has 0 aromatic heterocycles. The van der Waals surface area contributed by atoms with Crippen molar-refractivity contribution in [1.29, 1.82) is 0 Å². The molecule has 0 aliphatic heterocycles. The van der Waals surface area contributed by atoms with E-state index in [0.717, 1.165) is 22.6 Å². The summed E-state index contributed by atoms with van der Waals surface area (Å²) in [4.78, 5) is 14.5. The summed E-state index contributed by atoms with van der Waals surface area (Å²) in [6.07, 6.45) is 5.46. The number of carbonyl (C=O) groups is 1. The lowest BCUT2D eigenvalue weighted by Crippen LogP contribution is -2.39. The Morgan fingerprint density at radius 1 is 1.06 bits per heavy atom. The fourth-order valence-corrected chi connectivity index (χ4v) is 3.07. The van der Waals surface area contributed by atoms with Crippen LogP contribution in [0, 0.1) is 0 Å². The van der Waals surface area contributed by atoms with E-state index in [1.54, 1.807) is 25.2 Å². The van der Waals surface area contributed by atoms with Crippen molar-refractivity contribution in [3.8, 4) is 11.5 Å². The van der Waals surface area contributed by atoms with Gasteiger partial charge < -0.3 is 19.1 Å². The number of hydrogen-bond donors (Lipinski definition) is 0. The summed E-state index contributed by atoms with van der Waals surface area (Å²) >= 11 is 0. The summed E-state index contributed by atoms with van der Waals surface area (Å²) in [7, 11) is 3.29. The zero-order valence-corrected chi connectivity index (χ0v) is 19.1. The molecule has 2 aromatic carbocycles. The van der Waals surface area contributed by atoms with Crippen molar-refractivity contribution >= 4 is 12.2 Å². The van der Waals surface area contributed by atoms with Crippen molar-refractivity contribution in [2.24, 2.45) is 0 Å². The Hall–Kier alpha value is -3.21. The summed E-state index contributed by atoms with van der Waals surface area (Å²) in [6.45, 7) is 10.2. The highest BCUT2D eigenvalue weighted by molar-refractivity contribution is 5.68. The quantitative estimate of drug-likeness (QED) is 0.470. The van der Waals surface area contributed by atoms with Gasteiger partial charge in [0.15, 0.2) is 0 Å². The molecule has 166 valence electrons. The monoisotopic (exact) mass is 423 g/mol. The Bertz CT molecular complexity index is 898. The van der Waals surface area contributed by atoms with Gasteiger partial charge in [0.2, 0.25) is 0 Å². The van der Waals surface area contributed by atoms with Crippen molar-refractivity contribution in [2.45, 2.75) is 32.3 Å². The topological polar surface area (TPSA) is 48.0 Å². The molecule has 0 aliphatic rings. The molecule has 0 heterocycles. The van der Waals surface area contributed by atoms with Crippen molar-refractivity contribution in [3.63, 3.8) is 0 Å². The second-order valence-corrected chi connectivity index (χ2v) is 8.19. The highest BCUT2D eigenvalue weighted by Gasteiger charge is 2.24. The molecule has 2 aromatic rings. The molecule has 2 rings (SSSR count). The Kier molecular flexibility index (Phi) is 8.74. The third kappa shape index (κ3) is 7.85. The number of methoxy groups -OCH3 is 2. The SMILES string of the molecule is C=CCN(C[C@H](/C=C/c1cccc(OC)c1)c1cccc(OC)c1)C(=O)OC(C)(C)C. The molecule has 0 saturated heterocycles. The van der Waals surface area contributed by atoms with E-state index in [2.05, 4.69) is 12.7 Å². The van der Waals surface area contributed by atoms with Gasteiger partial charge in [-0.1, -0.05) is 42.5 Å². The summed E-state index contributed by atoms with van der Waals surface area (Å²) < 4.78 is 16.3. The van der Waals surface area contributed by atoms with E-state index in [-0.39, 0.29) is 12.0 Å². The molecule has 1 amide bonds. The van der Waals surface area contributed by atoms with Crippen LogP contribution in [0.1, 0.15) is 37.8 Å². The van der Waals surface area contributed by atoms with E-state index < -0.39 is 5.60 Å². The molecule has 5 nitrogen and oxygen atoms in total. The normalized spacial score (nSPS) is 12.3. The molecular formula is C26H33NO4. The second-order valence-electron chi connectivity index (χ2n) is 8.19. The number of carbonyl (C=O) groups excluding carboxylic acids is 1. The maximum atomic E-state index is 12.8. The Balaban J connectivity index is 2.36. The van der Waals surface area contributed by atoms with Crippen LogP contribution in [0.4, 0.5) is 4.79 Å². The zero-order chi connectivity index (χ0) is 22.9. The molecule has 31 heavy (non-hydrogen) atoms. The Labute approximate surface area is 185 Å². The number of hydrogen-bond acceptors (Lipinski definition) is 4. The van der Waals surface area contributed by atoms with Crippen molar-refractivity contribution in [2.75, 3.05) is 27.3 Å². The fraction of sp³-hybridized carbons (Fsp3) is 0.346. The minimum atomic E-state index is -0.571. The van der Waals surface area contributed by atoms with Gasteiger partial charge in [-0.05, 0) is 56.2 Å². The first-order valence-electron chi connectivity index (χ1n) is 10.3. The van der Waals surface area contributed by atoms with Gasteiger partial charge in [0.25, 0.3) is 0 Å². The van der Waals surface area contributed by atoms with Crippen LogP contribution >= 0.6 is 0 Å². The summed E-state index contributed by atoms with van der Waals surface area (Å²) in [5, 5.41) is 0. The third-order valence-electron chi connectivity index (χ3n) is 4.55. The van der Waals surface area contributed by atoms with E-state index >= 15 is 0 Å². The minimum absolute atomic E-state index is 0.0752. The van der Waals surface area contributed by atoms with Crippen LogP contribution in [0.5, 0.6) is 11.5 Å². The first-order chi connectivity index (χ1) is 14.8. The Morgan fingerprint density at radius 3 is 2.32 bits per heavy atom. The van der Waals surface area contributed by atoms with E-state index in [9.17, 15) is 4.79 Å². The first-order valence-corrected chi connectivity index (χ1v) is 10.3. The largest absolute Gasteiger partial charge is 0.497 e. The fourth-order valence-electron chi connectivity index (χ4n) is 3.07. The van der Waals surface area contributed by atoms with Crippen LogP contribution < -0.4 is 9.47 Å². The molecule has 0 saturated carbocycles. The van der Waals surface area contributed by atoms with Crippen molar-refractivity contribution < 1.29 is 19.0 Å². The maximum Gasteiger partial charge on any atom is 0.410 e. The standard InChI is InChI=1S/C26H33NO4/c1-7-16-27(25(28)31-26(2,3)4)19-22(21-11-9-13-24(18-21)30-6)15-14-20-10-8-12-23(17-20)29-5/h7-15,17-18,22H,1,16,19H2,2-6H3/b15-14+/t22-/m0/s1. The number of nitrogens with zero attached hydrogens (tertiary/aromatic N) is 1. The predicted molar refractivity (Wildman–Crippen MR) is 126 cm³/mol. The number of rotatable bonds is 9. The molecule has 1 atom stereocenters. The Morgan fingerprint density at radius 2 is 1.71 bits per heavy atom. The maximum absolute atomic E-state index is 12.8. The van der Waals surface area contributed by atoms with E-state index in [1.807, 2.05) is 75.4 Å². The van der Waals surface area contributed by atoms with Gasteiger partial charge in [0.1, 0.15) is 17.1 Å². The second kappa shape index (κ2) is 11.3. The molecular weight excluding hydrogens is 390 g/mol. The molecule has 5 heteroatoms. The van der Waals surface area contributed by atoms with Gasteiger partial charge in [-0.15, -0.1) is 6.58 Å². The van der Waals surface area contributed by atoms with Gasteiger partial charge in [-0.2, -0.15) is 0 Å². The average Bonchev–Trinajstić information content (AvgIpc) is 2.74. The first kappa shape index (κ1) is 24.1. The van der Waals surface area contributed by atoms with Crippen LogP contribution in [0.3, 0.4) is 0 Å². The molecule has 0 aliphatic carbocycles. The van der Waals surface area contributed by atoms with Crippen LogP contribution in [-0.4, -0.2) is 43.9 Å². The highest BCUT2D eigenvalue weighted by atomic mass is 16.6. The highest BCUT2D eigenvalue weighted by Crippen LogP contribution is 2.25. The lowest BCUT2D eigenvalue weighted by Gasteiger charge is -2.29. The molecule has 0 unspecified atom stereocenters. The van der Waals surface area contributed by atoms with Gasteiger partial charge >= 0.3 is 6.09 Å². The van der Waals surface area contributed by atoms with Crippen molar-refractivity contribution in [3.05, 3.63) is 78.4 Å². The van der Waals surface area contributed by atoms with Gasteiger partial charge in [-0.25, -0.2) is 4.79 Å². The van der Waals surface area contributed by atoms with E-state index in [4.69, 9.17) is 14.2 Å². The summed E-state index contributed by atoms with van der Waals surface area (Å²) in [5.41, 5.74) is 1.48. The molecule has 0 radical (unpaired) electrons. The third-order valence-corrected chi connectivity index (χ3v) is 4.55.